The molecule has 2 unspecified atom stereocenters. The second-order valence-corrected chi connectivity index (χ2v) is 5.66. The lowest BCUT2D eigenvalue weighted by Crippen LogP contribution is -2.47. The largest absolute Gasteiger partial charge is 0.480 e. The van der Waals surface area contributed by atoms with Crippen molar-refractivity contribution in [2.24, 2.45) is 5.92 Å². The molecule has 0 saturated carbocycles. The number of hydrogen-bond acceptors (Lipinski definition) is 4. The monoisotopic (exact) mass is 292 g/mol. The molecule has 2 rings (SSSR count). The Morgan fingerprint density at radius 1 is 1.48 bits per heavy atom. The summed E-state index contributed by atoms with van der Waals surface area (Å²) in [6.45, 7) is 3.34. The van der Waals surface area contributed by atoms with Gasteiger partial charge in [-0.3, -0.25) is 19.8 Å². The van der Waals surface area contributed by atoms with E-state index >= 15 is 0 Å². The van der Waals surface area contributed by atoms with Crippen LogP contribution in [0, 0.1) is 16.0 Å². The second-order valence-electron chi connectivity index (χ2n) is 5.66. The lowest BCUT2D eigenvalue weighted by Gasteiger charge is -2.35. The lowest BCUT2D eigenvalue weighted by atomic mass is 9.92. The number of para-hydroxylation sites is 1. The zero-order valence-electron chi connectivity index (χ0n) is 12.1. The summed E-state index contributed by atoms with van der Waals surface area (Å²) in [7, 11) is 0. The minimum absolute atomic E-state index is 0.106. The van der Waals surface area contributed by atoms with Gasteiger partial charge in [-0.05, 0) is 31.7 Å². The van der Waals surface area contributed by atoms with Crippen LogP contribution < -0.4 is 0 Å². The quantitative estimate of drug-likeness (QED) is 0.665. The Kier molecular flexibility index (Phi) is 4.90. The van der Waals surface area contributed by atoms with Crippen LogP contribution in [0.3, 0.4) is 0 Å². The number of nitro groups is 1. The van der Waals surface area contributed by atoms with Gasteiger partial charge >= 0.3 is 5.97 Å². The second kappa shape index (κ2) is 6.67. The van der Waals surface area contributed by atoms with E-state index in [9.17, 15) is 20.0 Å². The highest BCUT2D eigenvalue weighted by atomic mass is 16.6. The summed E-state index contributed by atoms with van der Waals surface area (Å²) >= 11 is 0. The normalized spacial score (nSPS) is 22.9. The fourth-order valence-corrected chi connectivity index (χ4v) is 2.88. The van der Waals surface area contributed by atoms with E-state index in [0.717, 1.165) is 13.0 Å². The number of nitrogens with zero attached hydrogens (tertiary/aromatic N) is 2. The minimum atomic E-state index is -0.802. The van der Waals surface area contributed by atoms with Gasteiger partial charge in [0.25, 0.3) is 5.69 Å². The van der Waals surface area contributed by atoms with Crippen molar-refractivity contribution in [3.63, 3.8) is 0 Å². The summed E-state index contributed by atoms with van der Waals surface area (Å²) < 4.78 is 0. The number of nitro benzene ring substituents is 1. The van der Waals surface area contributed by atoms with Gasteiger partial charge in [0.1, 0.15) is 6.04 Å². The predicted molar refractivity (Wildman–Crippen MR) is 78.2 cm³/mol. The van der Waals surface area contributed by atoms with Crippen molar-refractivity contribution in [1.82, 2.24) is 4.90 Å². The van der Waals surface area contributed by atoms with E-state index in [1.165, 1.54) is 6.07 Å². The van der Waals surface area contributed by atoms with Crippen LogP contribution in [0.15, 0.2) is 24.3 Å². The number of likely N-dealkylation sites (tertiary alicyclic amines) is 1. The van der Waals surface area contributed by atoms with Crippen LogP contribution in [0.1, 0.15) is 25.3 Å². The molecule has 0 bridgehead atoms. The molecule has 0 spiro atoms. The van der Waals surface area contributed by atoms with Gasteiger partial charge in [-0.15, -0.1) is 0 Å². The van der Waals surface area contributed by atoms with Crippen LogP contribution in [-0.2, 0) is 11.2 Å². The SMILES string of the molecule is CC1CCN(CCc2ccccc2[N+](=O)[O-])C(C(=O)O)C1. The predicted octanol–water partition coefficient (Wildman–Crippen LogP) is 2.32. The van der Waals surface area contributed by atoms with Crippen molar-refractivity contribution >= 4 is 11.7 Å². The van der Waals surface area contributed by atoms with E-state index in [1.807, 2.05) is 4.90 Å². The van der Waals surface area contributed by atoms with Crippen LogP contribution in [0.25, 0.3) is 0 Å². The number of benzene rings is 1. The molecule has 2 atom stereocenters. The van der Waals surface area contributed by atoms with Gasteiger partial charge in [-0.1, -0.05) is 25.1 Å². The van der Waals surface area contributed by atoms with E-state index in [0.29, 0.717) is 30.9 Å². The smallest absolute Gasteiger partial charge is 0.320 e. The Labute approximate surface area is 123 Å². The first-order chi connectivity index (χ1) is 9.99. The molecule has 1 aromatic rings. The average Bonchev–Trinajstić information content (AvgIpc) is 2.46. The van der Waals surface area contributed by atoms with Crippen molar-refractivity contribution in [2.75, 3.05) is 13.1 Å². The number of carbonyl (C=O) groups is 1. The van der Waals surface area contributed by atoms with Crippen LogP contribution >= 0.6 is 0 Å². The maximum Gasteiger partial charge on any atom is 0.320 e. The Hall–Kier alpha value is -1.95. The fourth-order valence-electron chi connectivity index (χ4n) is 2.88. The molecule has 1 heterocycles. The van der Waals surface area contributed by atoms with Gasteiger partial charge in [0.2, 0.25) is 0 Å². The van der Waals surface area contributed by atoms with Gasteiger partial charge in [0, 0.05) is 18.2 Å². The maximum atomic E-state index is 11.3. The molecule has 1 aromatic carbocycles. The van der Waals surface area contributed by atoms with E-state index in [4.69, 9.17) is 0 Å². The molecule has 1 fully saturated rings. The highest BCUT2D eigenvalue weighted by Gasteiger charge is 2.31. The average molecular weight is 292 g/mol. The van der Waals surface area contributed by atoms with E-state index in [1.54, 1.807) is 18.2 Å². The van der Waals surface area contributed by atoms with Gasteiger partial charge in [-0.25, -0.2) is 0 Å². The number of rotatable bonds is 5. The van der Waals surface area contributed by atoms with Crippen molar-refractivity contribution in [3.05, 3.63) is 39.9 Å². The molecule has 6 heteroatoms. The first kappa shape index (κ1) is 15.4. The number of carboxylic acid groups (broad SMARTS) is 1. The van der Waals surface area contributed by atoms with Gasteiger partial charge in [0.15, 0.2) is 0 Å². The first-order valence-corrected chi connectivity index (χ1v) is 7.18. The summed E-state index contributed by atoms with van der Waals surface area (Å²) in [4.78, 5) is 23.9. The van der Waals surface area contributed by atoms with Crippen LogP contribution in [-0.4, -0.2) is 40.0 Å². The summed E-state index contributed by atoms with van der Waals surface area (Å²) in [6, 6.07) is 6.17. The highest BCUT2D eigenvalue weighted by Crippen LogP contribution is 2.24. The number of piperidine rings is 1. The maximum absolute atomic E-state index is 11.3. The fraction of sp³-hybridized carbons (Fsp3) is 0.533. The molecule has 114 valence electrons. The molecule has 1 aliphatic rings. The number of hydrogen-bond donors (Lipinski definition) is 1. The third kappa shape index (κ3) is 3.78. The molecule has 6 nitrogen and oxygen atoms in total. The van der Waals surface area contributed by atoms with E-state index in [-0.39, 0.29) is 10.6 Å². The minimum Gasteiger partial charge on any atom is -0.480 e. The molecule has 1 N–H and O–H groups in total. The molecule has 0 aromatic heterocycles. The van der Waals surface area contributed by atoms with Crippen LogP contribution in [0.5, 0.6) is 0 Å². The molecule has 0 radical (unpaired) electrons. The van der Waals surface area contributed by atoms with Gasteiger partial charge in [-0.2, -0.15) is 0 Å². The summed E-state index contributed by atoms with van der Waals surface area (Å²) in [6.07, 6.45) is 2.11. The lowest BCUT2D eigenvalue weighted by molar-refractivity contribution is -0.385. The third-order valence-electron chi connectivity index (χ3n) is 4.12. The van der Waals surface area contributed by atoms with E-state index in [2.05, 4.69) is 6.92 Å². The summed E-state index contributed by atoms with van der Waals surface area (Å²) in [5.41, 5.74) is 0.764. The van der Waals surface area contributed by atoms with E-state index < -0.39 is 12.0 Å². The summed E-state index contributed by atoms with van der Waals surface area (Å²) in [5, 5.41) is 20.3. The molecule has 1 saturated heterocycles. The first-order valence-electron chi connectivity index (χ1n) is 7.18. The Morgan fingerprint density at radius 2 is 2.19 bits per heavy atom. The zero-order valence-corrected chi connectivity index (χ0v) is 12.1. The summed E-state index contributed by atoms with van der Waals surface area (Å²) in [5.74, 6) is -0.391. The Balaban J connectivity index is 2.05. The third-order valence-corrected chi connectivity index (χ3v) is 4.12. The number of aliphatic carboxylic acids is 1. The standard InChI is InChI=1S/C15H20N2O4/c1-11-6-8-16(14(10-11)15(18)19)9-7-12-4-2-3-5-13(12)17(20)21/h2-5,11,14H,6-10H2,1H3,(H,18,19). The zero-order chi connectivity index (χ0) is 15.4. The number of carboxylic acids is 1. The van der Waals surface area contributed by atoms with Crippen molar-refractivity contribution < 1.29 is 14.8 Å². The molecular formula is C15H20N2O4. The molecule has 21 heavy (non-hydrogen) atoms. The topological polar surface area (TPSA) is 83.7 Å². The molecule has 0 amide bonds. The molecular weight excluding hydrogens is 272 g/mol. The van der Waals surface area contributed by atoms with Gasteiger partial charge in [0.05, 0.1) is 4.92 Å². The molecule has 0 aliphatic carbocycles. The van der Waals surface area contributed by atoms with Crippen molar-refractivity contribution in [3.8, 4) is 0 Å². The van der Waals surface area contributed by atoms with Crippen LogP contribution in [0.2, 0.25) is 0 Å². The van der Waals surface area contributed by atoms with Crippen molar-refractivity contribution in [2.45, 2.75) is 32.2 Å². The molecule has 1 aliphatic heterocycles. The van der Waals surface area contributed by atoms with Crippen LogP contribution in [0.4, 0.5) is 5.69 Å². The Bertz CT molecular complexity index is 532. The van der Waals surface area contributed by atoms with Crippen molar-refractivity contribution in [1.29, 1.82) is 0 Å². The highest BCUT2D eigenvalue weighted by molar-refractivity contribution is 5.73. The van der Waals surface area contributed by atoms with Gasteiger partial charge < -0.3 is 5.11 Å². The Morgan fingerprint density at radius 3 is 2.86 bits per heavy atom.